The Balaban J connectivity index is 2.92. The minimum atomic E-state index is -0.206. The molecule has 0 unspecified atom stereocenters. The lowest BCUT2D eigenvalue weighted by molar-refractivity contribution is 1.16. The smallest absolute Gasteiger partial charge is 0.304 e. The van der Waals surface area contributed by atoms with E-state index in [-0.39, 0.29) is 5.69 Å². The average molecular weight is 163 g/mol. The van der Waals surface area contributed by atoms with Crippen LogP contribution in [0.3, 0.4) is 0 Å². The molecule has 0 bridgehead atoms. The largest absolute Gasteiger partial charge is 0.325 e. The van der Waals surface area contributed by atoms with Gasteiger partial charge in [-0.1, -0.05) is 0 Å². The minimum absolute atomic E-state index is 0.206. The molecule has 0 radical (unpaired) electrons. The predicted octanol–water partition coefficient (Wildman–Crippen LogP) is 0.868. The van der Waals surface area contributed by atoms with E-state index in [9.17, 15) is 4.79 Å². The van der Waals surface area contributed by atoms with Gasteiger partial charge in [-0.3, -0.25) is 4.98 Å². The molecule has 0 aliphatic rings. The van der Waals surface area contributed by atoms with Crippen molar-refractivity contribution < 1.29 is 0 Å². The maximum Gasteiger partial charge on any atom is 0.325 e. The van der Waals surface area contributed by atoms with E-state index in [4.69, 9.17) is 0 Å². The van der Waals surface area contributed by atoms with Gasteiger partial charge in [0.2, 0.25) is 0 Å². The highest BCUT2D eigenvalue weighted by molar-refractivity contribution is 5.70. The van der Waals surface area contributed by atoms with Crippen LogP contribution >= 0.6 is 0 Å². The molecule has 0 spiro atoms. The molecule has 0 amide bonds. The molecular weight excluding hydrogens is 154 g/mol. The topological polar surface area (TPSA) is 61.5 Å². The lowest BCUT2D eigenvalue weighted by Crippen LogP contribution is -1.99. The van der Waals surface area contributed by atoms with Crippen molar-refractivity contribution in [2.24, 2.45) is 0 Å². The molecule has 62 valence electrons. The molecule has 4 heteroatoms. The fourth-order valence-electron chi connectivity index (χ4n) is 1.16. The van der Waals surface area contributed by atoms with E-state index >= 15 is 0 Å². The van der Waals surface area contributed by atoms with E-state index in [2.05, 4.69) is 15.0 Å². The first-order valence-corrected chi connectivity index (χ1v) is 3.73. The van der Waals surface area contributed by atoms with Crippen LogP contribution in [0.2, 0.25) is 0 Å². The molecule has 0 atom stereocenters. The van der Waals surface area contributed by atoms with Gasteiger partial charge in [-0.2, -0.15) is 0 Å². The first-order chi connectivity index (χ1) is 5.66. The molecule has 2 N–H and O–H groups in total. The summed E-state index contributed by atoms with van der Waals surface area (Å²) in [5, 5.41) is 0. The average Bonchev–Trinajstić information content (AvgIpc) is 2.30. The zero-order chi connectivity index (χ0) is 8.72. The van der Waals surface area contributed by atoms with Crippen molar-refractivity contribution >= 4 is 11.2 Å². The van der Waals surface area contributed by atoms with Crippen molar-refractivity contribution in [3.63, 3.8) is 0 Å². The lowest BCUT2D eigenvalue weighted by Gasteiger charge is -1.96. The third-order valence-corrected chi connectivity index (χ3v) is 1.95. The summed E-state index contributed by atoms with van der Waals surface area (Å²) in [5.41, 5.74) is 3.21. The van der Waals surface area contributed by atoms with E-state index in [1.807, 2.05) is 19.9 Å². The SMILES string of the molecule is Cc1cc2[nH]c(=O)[nH]c2nc1C. The predicted molar refractivity (Wildman–Crippen MR) is 46.2 cm³/mol. The van der Waals surface area contributed by atoms with Gasteiger partial charge in [0.05, 0.1) is 5.52 Å². The summed E-state index contributed by atoms with van der Waals surface area (Å²) in [6.45, 7) is 3.88. The van der Waals surface area contributed by atoms with Crippen molar-refractivity contribution in [3.05, 3.63) is 27.8 Å². The monoisotopic (exact) mass is 163 g/mol. The molecule has 12 heavy (non-hydrogen) atoms. The van der Waals surface area contributed by atoms with Gasteiger partial charge in [0.15, 0.2) is 5.65 Å². The first-order valence-electron chi connectivity index (χ1n) is 3.73. The molecule has 0 saturated heterocycles. The Labute approximate surface area is 68.7 Å². The van der Waals surface area contributed by atoms with Crippen molar-refractivity contribution in [1.29, 1.82) is 0 Å². The van der Waals surface area contributed by atoms with Gasteiger partial charge >= 0.3 is 5.69 Å². The molecule has 0 aliphatic carbocycles. The molecule has 0 fully saturated rings. The van der Waals surface area contributed by atoms with Crippen LogP contribution in [0.4, 0.5) is 0 Å². The van der Waals surface area contributed by atoms with Crippen molar-refractivity contribution in [3.8, 4) is 0 Å². The number of rotatable bonds is 0. The highest BCUT2D eigenvalue weighted by Gasteiger charge is 2.01. The zero-order valence-corrected chi connectivity index (χ0v) is 6.93. The number of pyridine rings is 1. The minimum Gasteiger partial charge on any atom is -0.304 e. The second-order valence-electron chi connectivity index (χ2n) is 2.87. The summed E-state index contributed by atoms with van der Waals surface area (Å²) >= 11 is 0. The van der Waals surface area contributed by atoms with Crippen LogP contribution in [0.25, 0.3) is 11.2 Å². The van der Waals surface area contributed by atoms with Crippen molar-refractivity contribution in [2.45, 2.75) is 13.8 Å². The lowest BCUT2D eigenvalue weighted by atomic mass is 10.2. The summed E-state index contributed by atoms with van der Waals surface area (Å²) in [6, 6.07) is 1.91. The molecule has 2 aromatic heterocycles. The number of aromatic nitrogens is 3. The molecule has 2 heterocycles. The summed E-state index contributed by atoms with van der Waals surface area (Å²) in [7, 11) is 0. The number of hydrogen-bond donors (Lipinski definition) is 2. The highest BCUT2D eigenvalue weighted by atomic mass is 16.1. The van der Waals surface area contributed by atoms with Crippen LogP contribution < -0.4 is 5.69 Å². The normalized spacial score (nSPS) is 10.8. The summed E-state index contributed by atoms with van der Waals surface area (Å²) in [5.74, 6) is 0. The van der Waals surface area contributed by atoms with Gasteiger partial charge < -0.3 is 4.98 Å². The number of aromatic amines is 2. The van der Waals surface area contributed by atoms with Gasteiger partial charge in [-0.25, -0.2) is 9.78 Å². The van der Waals surface area contributed by atoms with Crippen LogP contribution in [0, 0.1) is 13.8 Å². The third-order valence-electron chi connectivity index (χ3n) is 1.95. The number of imidazole rings is 1. The van der Waals surface area contributed by atoms with Crippen LogP contribution in [0.15, 0.2) is 10.9 Å². The summed E-state index contributed by atoms with van der Waals surface area (Å²) in [6.07, 6.45) is 0. The van der Waals surface area contributed by atoms with Crippen molar-refractivity contribution in [1.82, 2.24) is 15.0 Å². The van der Waals surface area contributed by atoms with E-state index in [1.165, 1.54) is 0 Å². The van der Waals surface area contributed by atoms with E-state index in [0.29, 0.717) is 5.65 Å². The molecule has 0 aromatic carbocycles. The number of H-pyrrole nitrogens is 2. The van der Waals surface area contributed by atoms with Gasteiger partial charge in [-0.05, 0) is 25.5 Å². The van der Waals surface area contributed by atoms with Crippen LogP contribution in [-0.4, -0.2) is 15.0 Å². The second-order valence-corrected chi connectivity index (χ2v) is 2.87. The Morgan fingerprint density at radius 1 is 1.33 bits per heavy atom. The van der Waals surface area contributed by atoms with Crippen LogP contribution in [0.5, 0.6) is 0 Å². The highest BCUT2D eigenvalue weighted by Crippen LogP contribution is 2.09. The molecular formula is C8H9N3O. The first kappa shape index (κ1) is 7.09. The van der Waals surface area contributed by atoms with E-state index in [0.717, 1.165) is 16.8 Å². The molecule has 0 aliphatic heterocycles. The molecule has 2 rings (SSSR count). The Hall–Kier alpha value is -1.58. The van der Waals surface area contributed by atoms with Gasteiger partial charge in [0.25, 0.3) is 0 Å². The maximum absolute atomic E-state index is 10.9. The summed E-state index contributed by atoms with van der Waals surface area (Å²) < 4.78 is 0. The Kier molecular flexibility index (Phi) is 1.30. The number of nitrogens with one attached hydrogen (secondary N) is 2. The van der Waals surface area contributed by atoms with Crippen molar-refractivity contribution in [2.75, 3.05) is 0 Å². The van der Waals surface area contributed by atoms with Crippen LogP contribution in [-0.2, 0) is 0 Å². The molecule has 4 nitrogen and oxygen atoms in total. The standard InChI is InChI=1S/C8H9N3O/c1-4-3-6-7(9-5(4)2)11-8(12)10-6/h3H,1-2H3,(H2,9,10,11,12). The molecule has 0 saturated carbocycles. The van der Waals surface area contributed by atoms with Gasteiger partial charge in [0, 0.05) is 5.69 Å². The Morgan fingerprint density at radius 2 is 2.08 bits per heavy atom. The van der Waals surface area contributed by atoms with E-state index < -0.39 is 0 Å². The van der Waals surface area contributed by atoms with E-state index in [1.54, 1.807) is 0 Å². The number of aryl methyl sites for hydroxylation is 2. The van der Waals surface area contributed by atoms with Gasteiger partial charge in [-0.15, -0.1) is 0 Å². The zero-order valence-electron chi connectivity index (χ0n) is 6.93. The maximum atomic E-state index is 10.9. The second kappa shape index (κ2) is 2.20. The quantitative estimate of drug-likeness (QED) is 0.605. The fraction of sp³-hybridized carbons (Fsp3) is 0.250. The Morgan fingerprint density at radius 3 is 2.83 bits per heavy atom. The third kappa shape index (κ3) is 0.922. The summed E-state index contributed by atoms with van der Waals surface area (Å²) in [4.78, 5) is 20.3. The molecule has 2 aromatic rings. The van der Waals surface area contributed by atoms with Gasteiger partial charge in [0.1, 0.15) is 0 Å². The number of hydrogen-bond acceptors (Lipinski definition) is 2. The fourth-order valence-corrected chi connectivity index (χ4v) is 1.16. The number of fused-ring (bicyclic) bond motifs is 1. The van der Waals surface area contributed by atoms with Crippen LogP contribution in [0.1, 0.15) is 11.3 Å². The Bertz CT molecular complexity index is 438. The number of nitrogens with zero attached hydrogens (tertiary/aromatic N) is 1.